The molecule has 0 aliphatic carbocycles. The number of carbonyl (C=O) groups is 1. The lowest BCUT2D eigenvalue weighted by Crippen LogP contribution is -2.12. The molecule has 1 amide bonds. The van der Waals surface area contributed by atoms with E-state index in [0.717, 1.165) is 16.5 Å². The van der Waals surface area contributed by atoms with Gasteiger partial charge in [0, 0.05) is 23.2 Å². The molecular formula is C21H19N5O2. The minimum absolute atomic E-state index is 0.194. The maximum Gasteiger partial charge on any atom is 0.255 e. The highest BCUT2D eigenvalue weighted by atomic mass is 16.5. The number of carbonyl (C=O) groups excluding carboxylic acids is 1. The Morgan fingerprint density at radius 3 is 2.79 bits per heavy atom. The summed E-state index contributed by atoms with van der Waals surface area (Å²) >= 11 is 0. The number of ether oxygens (including phenoxy) is 1. The van der Waals surface area contributed by atoms with Crippen LogP contribution in [0.3, 0.4) is 0 Å². The van der Waals surface area contributed by atoms with Crippen LogP contribution in [0.2, 0.25) is 0 Å². The molecule has 0 saturated carbocycles. The first-order valence-corrected chi connectivity index (χ1v) is 9.01. The summed E-state index contributed by atoms with van der Waals surface area (Å²) in [5, 5.41) is 16.5. The summed E-state index contributed by atoms with van der Waals surface area (Å²) in [5.74, 6) is 1.02. The number of hydrogen-bond donors (Lipinski definition) is 1. The summed E-state index contributed by atoms with van der Waals surface area (Å²) in [6, 6.07) is 20.8. The lowest BCUT2D eigenvalue weighted by Gasteiger charge is -2.10. The minimum Gasteiger partial charge on any atom is -0.486 e. The summed E-state index contributed by atoms with van der Waals surface area (Å²) in [4.78, 5) is 12.7. The Labute approximate surface area is 161 Å². The Morgan fingerprint density at radius 2 is 1.89 bits per heavy atom. The van der Waals surface area contributed by atoms with Gasteiger partial charge in [-0.3, -0.25) is 4.79 Å². The summed E-state index contributed by atoms with van der Waals surface area (Å²) in [7, 11) is 0. The van der Waals surface area contributed by atoms with Crippen LogP contribution in [0.1, 0.15) is 23.1 Å². The van der Waals surface area contributed by atoms with Crippen LogP contribution in [0.15, 0.2) is 66.7 Å². The second kappa shape index (κ2) is 7.87. The van der Waals surface area contributed by atoms with Gasteiger partial charge in [0.25, 0.3) is 5.91 Å². The summed E-state index contributed by atoms with van der Waals surface area (Å²) in [6.07, 6.45) is 0. The zero-order valence-electron chi connectivity index (χ0n) is 15.4. The lowest BCUT2D eigenvalue weighted by atomic mass is 10.1. The monoisotopic (exact) mass is 373 g/mol. The van der Waals surface area contributed by atoms with Crippen LogP contribution in [0.25, 0.3) is 10.8 Å². The molecule has 140 valence electrons. The van der Waals surface area contributed by atoms with Crippen LogP contribution >= 0.6 is 0 Å². The molecule has 28 heavy (non-hydrogen) atoms. The standard InChI is InChI=1S/C21H19N5O2/c1-2-26-20(23-24-25-26)14-28-17-10-5-9-16(13-17)21(27)22-19-12-6-8-15-7-3-4-11-18(15)19/h3-13H,2,14H2,1H3,(H,22,27). The first kappa shape index (κ1) is 17.7. The molecule has 7 heteroatoms. The Kier molecular flexibility index (Phi) is 4.97. The zero-order chi connectivity index (χ0) is 19.3. The Bertz CT molecular complexity index is 1120. The van der Waals surface area contributed by atoms with E-state index in [1.54, 1.807) is 28.9 Å². The Morgan fingerprint density at radius 1 is 1.07 bits per heavy atom. The van der Waals surface area contributed by atoms with Crippen molar-refractivity contribution in [1.82, 2.24) is 20.2 Å². The molecule has 0 radical (unpaired) electrons. The first-order chi connectivity index (χ1) is 13.7. The molecule has 0 unspecified atom stereocenters. The number of tetrazole rings is 1. The van der Waals surface area contributed by atoms with Crippen molar-refractivity contribution in [3.05, 3.63) is 78.1 Å². The van der Waals surface area contributed by atoms with Crippen LogP contribution < -0.4 is 10.1 Å². The van der Waals surface area contributed by atoms with Crippen molar-refractivity contribution in [2.45, 2.75) is 20.1 Å². The number of anilines is 1. The van der Waals surface area contributed by atoms with Crippen molar-refractivity contribution in [2.75, 3.05) is 5.32 Å². The number of amides is 1. The number of nitrogens with zero attached hydrogens (tertiary/aromatic N) is 4. The van der Waals surface area contributed by atoms with Gasteiger partial charge in [-0.1, -0.05) is 42.5 Å². The average Bonchev–Trinajstić information content (AvgIpc) is 3.20. The quantitative estimate of drug-likeness (QED) is 0.558. The highest BCUT2D eigenvalue weighted by Crippen LogP contribution is 2.24. The smallest absolute Gasteiger partial charge is 0.255 e. The fourth-order valence-corrected chi connectivity index (χ4v) is 2.98. The predicted octanol–water partition coefficient (Wildman–Crippen LogP) is 3.68. The minimum atomic E-state index is -0.194. The van der Waals surface area contributed by atoms with E-state index in [9.17, 15) is 4.79 Å². The van der Waals surface area contributed by atoms with E-state index in [0.29, 0.717) is 23.7 Å². The Hall–Kier alpha value is -3.74. The van der Waals surface area contributed by atoms with Gasteiger partial charge < -0.3 is 10.1 Å². The van der Waals surface area contributed by atoms with Crippen molar-refractivity contribution in [3.8, 4) is 5.75 Å². The van der Waals surface area contributed by atoms with Crippen LogP contribution in [-0.2, 0) is 13.2 Å². The van der Waals surface area contributed by atoms with Gasteiger partial charge in [0.2, 0.25) is 0 Å². The van der Waals surface area contributed by atoms with Crippen molar-refractivity contribution in [3.63, 3.8) is 0 Å². The topological polar surface area (TPSA) is 81.9 Å². The second-order valence-corrected chi connectivity index (χ2v) is 6.21. The molecule has 1 aromatic heterocycles. The third kappa shape index (κ3) is 3.68. The van der Waals surface area contributed by atoms with Gasteiger partial charge in [0.1, 0.15) is 12.4 Å². The number of nitrogens with one attached hydrogen (secondary N) is 1. The van der Waals surface area contributed by atoms with E-state index in [2.05, 4.69) is 20.8 Å². The zero-order valence-corrected chi connectivity index (χ0v) is 15.4. The highest BCUT2D eigenvalue weighted by Gasteiger charge is 2.10. The van der Waals surface area contributed by atoms with Crippen LogP contribution in [0.4, 0.5) is 5.69 Å². The lowest BCUT2D eigenvalue weighted by molar-refractivity contribution is 0.102. The van der Waals surface area contributed by atoms with Crippen molar-refractivity contribution in [2.24, 2.45) is 0 Å². The molecule has 0 aliphatic heterocycles. The number of aromatic nitrogens is 4. The molecule has 0 fully saturated rings. The maximum atomic E-state index is 12.7. The Balaban J connectivity index is 1.50. The fraction of sp³-hybridized carbons (Fsp3) is 0.143. The van der Waals surface area contributed by atoms with Gasteiger partial charge in [0.05, 0.1) is 0 Å². The fourth-order valence-electron chi connectivity index (χ4n) is 2.98. The van der Waals surface area contributed by atoms with Gasteiger partial charge in [-0.05, 0) is 47.0 Å². The molecule has 3 aromatic carbocycles. The predicted molar refractivity (Wildman–Crippen MR) is 106 cm³/mol. The number of aryl methyl sites for hydroxylation is 1. The number of benzene rings is 3. The number of rotatable bonds is 6. The molecule has 7 nitrogen and oxygen atoms in total. The van der Waals surface area contributed by atoms with Gasteiger partial charge in [-0.2, -0.15) is 0 Å². The van der Waals surface area contributed by atoms with Crippen molar-refractivity contribution in [1.29, 1.82) is 0 Å². The van der Waals surface area contributed by atoms with Crippen molar-refractivity contribution >= 4 is 22.4 Å². The number of fused-ring (bicyclic) bond motifs is 1. The van der Waals surface area contributed by atoms with E-state index in [4.69, 9.17) is 4.74 Å². The van der Waals surface area contributed by atoms with Gasteiger partial charge in [-0.15, -0.1) is 5.10 Å². The molecule has 1 heterocycles. The summed E-state index contributed by atoms with van der Waals surface area (Å²) in [5.41, 5.74) is 1.29. The molecule has 0 saturated heterocycles. The van der Waals surface area contributed by atoms with Crippen LogP contribution in [-0.4, -0.2) is 26.1 Å². The van der Waals surface area contributed by atoms with Crippen molar-refractivity contribution < 1.29 is 9.53 Å². The summed E-state index contributed by atoms with van der Waals surface area (Å²) < 4.78 is 7.42. The van der Waals surface area contributed by atoms with Crippen LogP contribution in [0.5, 0.6) is 5.75 Å². The maximum absolute atomic E-state index is 12.7. The highest BCUT2D eigenvalue weighted by molar-refractivity contribution is 6.09. The molecule has 0 aliphatic rings. The van der Waals surface area contributed by atoms with E-state index >= 15 is 0 Å². The van der Waals surface area contributed by atoms with E-state index in [1.165, 1.54) is 0 Å². The van der Waals surface area contributed by atoms with Gasteiger partial charge in [0.15, 0.2) is 5.82 Å². The molecule has 0 spiro atoms. The second-order valence-electron chi connectivity index (χ2n) is 6.21. The molecule has 4 aromatic rings. The van der Waals surface area contributed by atoms with E-state index in [1.807, 2.05) is 49.4 Å². The van der Waals surface area contributed by atoms with Gasteiger partial charge in [-0.25, -0.2) is 4.68 Å². The molecular weight excluding hydrogens is 354 g/mol. The molecule has 1 N–H and O–H groups in total. The first-order valence-electron chi connectivity index (χ1n) is 9.01. The third-order valence-corrected chi connectivity index (χ3v) is 4.41. The van der Waals surface area contributed by atoms with Gasteiger partial charge >= 0.3 is 0 Å². The average molecular weight is 373 g/mol. The summed E-state index contributed by atoms with van der Waals surface area (Å²) in [6.45, 7) is 2.85. The largest absolute Gasteiger partial charge is 0.486 e. The molecule has 0 bridgehead atoms. The molecule has 4 rings (SSSR count). The SMILES string of the molecule is CCn1nnnc1COc1cccc(C(=O)Nc2cccc3ccccc23)c1. The third-order valence-electron chi connectivity index (χ3n) is 4.41. The normalized spacial score (nSPS) is 10.8. The number of hydrogen-bond acceptors (Lipinski definition) is 5. The van der Waals surface area contributed by atoms with E-state index < -0.39 is 0 Å². The molecule has 0 atom stereocenters. The van der Waals surface area contributed by atoms with E-state index in [-0.39, 0.29) is 12.5 Å². The van der Waals surface area contributed by atoms with Crippen LogP contribution in [0, 0.1) is 0 Å².